The van der Waals surface area contributed by atoms with Gasteiger partial charge in [0, 0.05) is 13.1 Å². The Bertz CT molecular complexity index is 403. The summed E-state index contributed by atoms with van der Waals surface area (Å²) in [6, 6.07) is 4.37. The van der Waals surface area contributed by atoms with Crippen molar-refractivity contribution < 1.29 is 9.18 Å². The average Bonchev–Trinajstić information content (AvgIpc) is 2.37. The summed E-state index contributed by atoms with van der Waals surface area (Å²) in [6.07, 6.45) is 1.74. The summed E-state index contributed by atoms with van der Waals surface area (Å²) in [4.78, 5) is 14.0. The molecule has 1 amide bonds. The summed E-state index contributed by atoms with van der Waals surface area (Å²) in [5, 5.41) is 0. The second kappa shape index (κ2) is 6.96. The summed E-state index contributed by atoms with van der Waals surface area (Å²) < 4.78 is 13.5. The van der Waals surface area contributed by atoms with Gasteiger partial charge in [0.2, 0.25) is 0 Å². The van der Waals surface area contributed by atoms with Crippen molar-refractivity contribution in [1.82, 2.24) is 4.90 Å². The van der Waals surface area contributed by atoms with Crippen molar-refractivity contribution in [3.8, 4) is 0 Å². The fraction of sp³-hybridized carbons (Fsp3) is 0.462. The van der Waals surface area contributed by atoms with E-state index in [4.69, 9.17) is 5.84 Å². The molecule has 5 heteroatoms. The number of hydrazine groups is 1. The van der Waals surface area contributed by atoms with Gasteiger partial charge in [-0.3, -0.25) is 10.6 Å². The molecule has 0 saturated heterocycles. The molecule has 0 spiro atoms. The molecule has 0 saturated carbocycles. The van der Waals surface area contributed by atoms with Crippen molar-refractivity contribution in [3.05, 3.63) is 29.6 Å². The van der Waals surface area contributed by atoms with E-state index in [2.05, 4.69) is 5.43 Å². The number of nitrogens with zero attached hydrogens (tertiary/aromatic N) is 1. The van der Waals surface area contributed by atoms with Crippen molar-refractivity contribution in [3.63, 3.8) is 0 Å². The Morgan fingerprint density at radius 2 is 1.94 bits per heavy atom. The molecule has 0 atom stereocenters. The molecular formula is C13H20FN3O. The second-order valence-electron chi connectivity index (χ2n) is 4.10. The third-order valence-electron chi connectivity index (χ3n) is 2.66. The van der Waals surface area contributed by atoms with Gasteiger partial charge in [-0.25, -0.2) is 4.39 Å². The first kappa shape index (κ1) is 14.4. The Balaban J connectivity index is 3.04. The summed E-state index contributed by atoms with van der Waals surface area (Å²) in [5.41, 5.74) is 2.59. The van der Waals surface area contributed by atoms with Crippen LogP contribution in [-0.2, 0) is 0 Å². The number of nitrogens with two attached hydrogens (primary N) is 1. The zero-order chi connectivity index (χ0) is 13.5. The van der Waals surface area contributed by atoms with E-state index in [1.807, 2.05) is 13.8 Å². The lowest BCUT2D eigenvalue weighted by Crippen LogP contribution is -2.33. The Morgan fingerprint density at radius 1 is 1.33 bits per heavy atom. The second-order valence-corrected chi connectivity index (χ2v) is 4.10. The monoisotopic (exact) mass is 253 g/mol. The number of rotatable bonds is 6. The molecule has 0 fully saturated rings. The minimum Gasteiger partial charge on any atom is -0.339 e. The quantitative estimate of drug-likeness (QED) is 0.604. The topological polar surface area (TPSA) is 58.4 Å². The van der Waals surface area contributed by atoms with E-state index in [-0.39, 0.29) is 17.2 Å². The molecule has 0 unspecified atom stereocenters. The highest BCUT2D eigenvalue weighted by Crippen LogP contribution is 2.20. The molecule has 0 bridgehead atoms. The first-order chi connectivity index (χ1) is 8.65. The van der Waals surface area contributed by atoms with Crippen LogP contribution in [0, 0.1) is 5.82 Å². The zero-order valence-corrected chi connectivity index (χ0v) is 10.9. The van der Waals surface area contributed by atoms with Gasteiger partial charge in [0.15, 0.2) is 0 Å². The summed E-state index contributed by atoms with van der Waals surface area (Å²) in [5.74, 6) is 4.57. The number of carbonyl (C=O) groups excluding carboxylic acids is 1. The molecule has 100 valence electrons. The third kappa shape index (κ3) is 3.20. The molecule has 0 heterocycles. The Morgan fingerprint density at radius 3 is 2.44 bits per heavy atom. The van der Waals surface area contributed by atoms with Crippen molar-refractivity contribution in [2.24, 2.45) is 5.84 Å². The number of carbonyl (C=O) groups is 1. The normalized spacial score (nSPS) is 10.2. The van der Waals surface area contributed by atoms with Gasteiger partial charge in [0.05, 0.1) is 11.3 Å². The number of halogens is 1. The number of para-hydroxylation sites is 1. The van der Waals surface area contributed by atoms with Crippen molar-refractivity contribution in [2.75, 3.05) is 18.5 Å². The smallest absolute Gasteiger partial charge is 0.256 e. The average molecular weight is 253 g/mol. The Kier molecular flexibility index (Phi) is 5.58. The van der Waals surface area contributed by atoms with Crippen LogP contribution in [0.4, 0.5) is 10.1 Å². The summed E-state index contributed by atoms with van der Waals surface area (Å²) >= 11 is 0. The van der Waals surface area contributed by atoms with E-state index in [1.165, 1.54) is 12.1 Å². The molecule has 1 rings (SSSR count). The van der Waals surface area contributed by atoms with Gasteiger partial charge in [0.25, 0.3) is 5.91 Å². The predicted molar refractivity (Wildman–Crippen MR) is 70.7 cm³/mol. The van der Waals surface area contributed by atoms with Gasteiger partial charge in [-0.2, -0.15) is 0 Å². The van der Waals surface area contributed by atoms with E-state index in [9.17, 15) is 9.18 Å². The number of benzene rings is 1. The van der Waals surface area contributed by atoms with Gasteiger partial charge in [-0.1, -0.05) is 19.9 Å². The Hall–Kier alpha value is -1.62. The highest BCUT2D eigenvalue weighted by molar-refractivity contribution is 5.99. The van der Waals surface area contributed by atoms with E-state index in [0.29, 0.717) is 13.1 Å². The number of amides is 1. The molecule has 0 aromatic heterocycles. The van der Waals surface area contributed by atoms with Crippen LogP contribution in [0.15, 0.2) is 18.2 Å². The van der Waals surface area contributed by atoms with Crippen LogP contribution in [0.25, 0.3) is 0 Å². The van der Waals surface area contributed by atoms with E-state index in [1.54, 1.807) is 11.0 Å². The lowest BCUT2D eigenvalue weighted by molar-refractivity contribution is 0.0756. The minimum atomic E-state index is -0.517. The maximum atomic E-state index is 13.5. The molecule has 0 aliphatic carbocycles. The lowest BCUT2D eigenvalue weighted by atomic mass is 10.1. The fourth-order valence-corrected chi connectivity index (χ4v) is 1.87. The predicted octanol–water partition coefficient (Wildman–Crippen LogP) is 2.37. The van der Waals surface area contributed by atoms with Crippen LogP contribution >= 0.6 is 0 Å². The minimum absolute atomic E-state index is 0.0553. The van der Waals surface area contributed by atoms with Gasteiger partial charge in [0.1, 0.15) is 5.82 Å². The standard InChI is InChI=1S/C13H20FN3O/c1-3-8-17(9-4-2)13(18)10-6-5-7-11(14)12(10)16-15/h5-7,16H,3-4,8-9,15H2,1-2H3. The van der Waals surface area contributed by atoms with Crippen LogP contribution in [0.5, 0.6) is 0 Å². The molecule has 3 N–H and O–H groups in total. The molecule has 1 aromatic rings. The highest BCUT2D eigenvalue weighted by Gasteiger charge is 2.19. The van der Waals surface area contributed by atoms with E-state index in [0.717, 1.165) is 12.8 Å². The molecule has 4 nitrogen and oxygen atoms in total. The van der Waals surface area contributed by atoms with Gasteiger partial charge >= 0.3 is 0 Å². The molecule has 1 aromatic carbocycles. The van der Waals surface area contributed by atoms with E-state index < -0.39 is 5.82 Å². The molecular weight excluding hydrogens is 233 g/mol. The van der Waals surface area contributed by atoms with Crippen LogP contribution in [0.3, 0.4) is 0 Å². The van der Waals surface area contributed by atoms with Crippen molar-refractivity contribution in [2.45, 2.75) is 26.7 Å². The number of hydrogen-bond acceptors (Lipinski definition) is 3. The number of hydrogen-bond donors (Lipinski definition) is 2. The summed E-state index contributed by atoms with van der Waals surface area (Å²) in [6.45, 7) is 5.33. The fourth-order valence-electron chi connectivity index (χ4n) is 1.87. The number of nitrogens with one attached hydrogen (secondary N) is 1. The number of nitrogen functional groups attached to an aromatic ring is 1. The molecule has 0 radical (unpaired) electrons. The van der Waals surface area contributed by atoms with Crippen molar-refractivity contribution in [1.29, 1.82) is 0 Å². The zero-order valence-electron chi connectivity index (χ0n) is 10.9. The maximum absolute atomic E-state index is 13.5. The largest absolute Gasteiger partial charge is 0.339 e. The van der Waals surface area contributed by atoms with Gasteiger partial charge < -0.3 is 10.3 Å². The van der Waals surface area contributed by atoms with Crippen LogP contribution in [-0.4, -0.2) is 23.9 Å². The SMILES string of the molecule is CCCN(CCC)C(=O)c1cccc(F)c1NN. The van der Waals surface area contributed by atoms with E-state index >= 15 is 0 Å². The Labute approximate surface area is 107 Å². The van der Waals surface area contributed by atoms with Gasteiger partial charge in [-0.15, -0.1) is 0 Å². The lowest BCUT2D eigenvalue weighted by Gasteiger charge is -2.22. The molecule has 18 heavy (non-hydrogen) atoms. The van der Waals surface area contributed by atoms with Gasteiger partial charge in [-0.05, 0) is 25.0 Å². The van der Waals surface area contributed by atoms with Crippen LogP contribution in [0.2, 0.25) is 0 Å². The third-order valence-corrected chi connectivity index (χ3v) is 2.66. The molecule has 0 aliphatic heterocycles. The summed E-state index contributed by atoms with van der Waals surface area (Å²) in [7, 11) is 0. The van der Waals surface area contributed by atoms with Crippen molar-refractivity contribution >= 4 is 11.6 Å². The first-order valence-electron chi connectivity index (χ1n) is 6.20. The van der Waals surface area contributed by atoms with Crippen LogP contribution < -0.4 is 11.3 Å². The van der Waals surface area contributed by atoms with Crippen LogP contribution in [0.1, 0.15) is 37.0 Å². The highest BCUT2D eigenvalue weighted by atomic mass is 19.1. The maximum Gasteiger partial charge on any atom is 0.256 e. The first-order valence-corrected chi connectivity index (χ1v) is 6.20. The number of anilines is 1. The molecule has 0 aliphatic rings.